The topological polar surface area (TPSA) is 85.1 Å². The lowest BCUT2D eigenvalue weighted by Gasteiger charge is -2.21. The first kappa shape index (κ1) is 13.9. The number of nitrogens with zero attached hydrogens (tertiary/aromatic N) is 1. The van der Waals surface area contributed by atoms with E-state index in [4.69, 9.17) is 5.84 Å². The maximum absolute atomic E-state index is 11.5. The van der Waals surface area contributed by atoms with E-state index in [9.17, 15) is 8.42 Å². The van der Waals surface area contributed by atoms with Gasteiger partial charge in [0.1, 0.15) is 0 Å². The molecule has 2 atom stereocenters. The Hall–Kier alpha value is -0.500. The van der Waals surface area contributed by atoms with E-state index in [0.29, 0.717) is 12.8 Å². The fourth-order valence-corrected chi connectivity index (χ4v) is 4.62. The molecule has 1 aliphatic heterocycles. The summed E-state index contributed by atoms with van der Waals surface area (Å²) in [5.74, 6) is 6.13. The van der Waals surface area contributed by atoms with E-state index in [-0.39, 0.29) is 23.5 Å². The highest BCUT2D eigenvalue weighted by atomic mass is 79.9. The van der Waals surface area contributed by atoms with Gasteiger partial charge in [-0.15, -0.1) is 0 Å². The van der Waals surface area contributed by atoms with Crippen molar-refractivity contribution < 1.29 is 8.42 Å². The van der Waals surface area contributed by atoms with Gasteiger partial charge in [0.25, 0.3) is 0 Å². The van der Waals surface area contributed by atoms with Crippen LogP contribution in [0.5, 0.6) is 0 Å². The molecule has 1 aliphatic rings. The van der Waals surface area contributed by atoms with E-state index in [1.165, 1.54) is 0 Å². The number of nitrogens with two attached hydrogens (primary N) is 1. The number of halogens is 1. The van der Waals surface area contributed by atoms with Gasteiger partial charge in [0, 0.05) is 22.9 Å². The fourth-order valence-electron chi connectivity index (χ4n) is 2.32. The van der Waals surface area contributed by atoms with Gasteiger partial charge in [-0.05, 0) is 46.3 Å². The SMILES string of the molecule is NNC(Cc1cncc(Br)c1)C1CCS(=O)(=O)C1. The van der Waals surface area contributed by atoms with Crippen molar-refractivity contribution in [2.75, 3.05) is 11.5 Å². The van der Waals surface area contributed by atoms with Crippen molar-refractivity contribution in [2.45, 2.75) is 18.9 Å². The van der Waals surface area contributed by atoms with Crippen LogP contribution in [0.3, 0.4) is 0 Å². The zero-order valence-electron chi connectivity index (χ0n) is 9.84. The number of sulfone groups is 1. The number of nitrogens with one attached hydrogen (secondary N) is 1. The normalized spacial score (nSPS) is 24.0. The van der Waals surface area contributed by atoms with Gasteiger partial charge in [0.2, 0.25) is 0 Å². The number of aromatic nitrogens is 1. The lowest BCUT2D eigenvalue weighted by molar-refractivity contribution is 0.385. The predicted molar refractivity (Wildman–Crippen MR) is 73.5 cm³/mol. The van der Waals surface area contributed by atoms with Crippen LogP contribution < -0.4 is 11.3 Å². The van der Waals surface area contributed by atoms with Gasteiger partial charge < -0.3 is 0 Å². The van der Waals surface area contributed by atoms with E-state index < -0.39 is 9.84 Å². The smallest absolute Gasteiger partial charge is 0.150 e. The highest BCUT2D eigenvalue weighted by molar-refractivity contribution is 9.10. The Labute approximate surface area is 115 Å². The van der Waals surface area contributed by atoms with Crippen LogP contribution in [0.15, 0.2) is 22.9 Å². The number of pyridine rings is 1. The largest absolute Gasteiger partial charge is 0.271 e. The van der Waals surface area contributed by atoms with Crippen molar-refractivity contribution in [1.29, 1.82) is 0 Å². The number of hydrazine groups is 1. The molecule has 0 radical (unpaired) electrons. The summed E-state index contributed by atoms with van der Waals surface area (Å²) in [6.07, 6.45) is 4.86. The summed E-state index contributed by atoms with van der Waals surface area (Å²) < 4.78 is 23.9. The monoisotopic (exact) mass is 333 g/mol. The third-order valence-corrected chi connectivity index (χ3v) is 5.50. The molecule has 0 spiro atoms. The number of rotatable bonds is 4. The summed E-state index contributed by atoms with van der Waals surface area (Å²) in [5.41, 5.74) is 3.78. The van der Waals surface area contributed by atoms with Crippen LogP contribution in [0.25, 0.3) is 0 Å². The van der Waals surface area contributed by atoms with Crippen molar-refractivity contribution in [1.82, 2.24) is 10.4 Å². The summed E-state index contributed by atoms with van der Waals surface area (Å²) >= 11 is 3.37. The molecule has 1 saturated heterocycles. The first-order valence-corrected chi connectivity index (χ1v) is 8.37. The molecule has 1 aromatic heterocycles. The third kappa shape index (κ3) is 3.50. The molecule has 2 unspecified atom stereocenters. The average Bonchev–Trinajstić information content (AvgIpc) is 2.66. The van der Waals surface area contributed by atoms with Gasteiger partial charge in [-0.3, -0.25) is 16.3 Å². The van der Waals surface area contributed by atoms with Crippen molar-refractivity contribution in [3.8, 4) is 0 Å². The molecule has 1 fully saturated rings. The molecule has 100 valence electrons. The molecule has 18 heavy (non-hydrogen) atoms. The van der Waals surface area contributed by atoms with Crippen LogP contribution >= 0.6 is 15.9 Å². The van der Waals surface area contributed by atoms with Gasteiger partial charge in [-0.2, -0.15) is 0 Å². The maximum Gasteiger partial charge on any atom is 0.150 e. The molecule has 3 N–H and O–H groups in total. The minimum atomic E-state index is -2.87. The summed E-state index contributed by atoms with van der Waals surface area (Å²) in [6, 6.07) is 1.94. The Morgan fingerprint density at radius 2 is 2.33 bits per heavy atom. The molecule has 1 aromatic rings. The minimum absolute atomic E-state index is 0.0293. The lowest BCUT2D eigenvalue weighted by Crippen LogP contribution is -2.43. The van der Waals surface area contributed by atoms with Crippen LogP contribution in [-0.2, 0) is 16.3 Å². The third-order valence-electron chi connectivity index (χ3n) is 3.27. The quantitative estimate of drug-likeness (QED) is 0.624. The van der Waals surface area contributed by atoms with Crippen molar-refractivity contribution >= 4 is 25.8 Å². The second kappa shape index (κ2) is 5.64. The molecule has 0 aliphatic carbocycles. The molecular formula is C11H16BrN3O2S. The molecule has 0 bridgehead atoms. The Morgan fingerprint density at radius 1 is 1.56 bits per heavy atom. The minimum Gasteiger partial charge on any atom is -0.271 e. The van der Waals surface area contributed by atoms with E-state index in [1.807, 2.05) is 6.07 Å². The zero-order chi connectivity index (χ0) is 13.2. The van der Waals surface area contributed by atoms with E-state index in [0.717, 1.165) is 10.0 Å². The summed E-state index contributed by atoms with van der Waals surface area (Å²) in [7, 11) is -2.87. The van der Waals surface area contributed by atoms with Gasteiger partial charge in [0.05, 0.1) is 11.5 Å². The van der Waals surface area contributed by atoms with E-state index >= 15 is 0 Å². The lowest BCUT2D eigenvalue weighted by atomic mass is 9.94. The fraction of sp³-hybridized carbons (Fsp3) is 0.545. The molecule has 5 nitrogen and oxygen atoms in total. The van der Waals surface area contributed by atoms with Crippen LogP contribution in [0.4, 0.5) is 0 Å². The van der Waals surface area contributed by atoms with Crippen LogP contribution in [0.2, 0.25) is 0 Å². The number of hydrogen-bond donors (Lipinski definition) is 2. The van der Waals surface area contributed by atoms with Crippen molar-refractivity contribution in [3.63, 3.8) is 0 Å². The van der Waals surface area contributed by atoms with Crippen LogP contribution in [-0.4, -0.2) is 30.9 Å². The summed E-state index contributed by atoms with van der Waals surface area (Å²) in [5, 5.41) is 0. The molecule has 2 heterocycles. The molecule has 0 amide bonds. The Bertz CT molecular complexity index is 521. The zero-order valence-corrected chi connectivity index (χ0v) is 12.2. The Balaban J connectivity index is 2.06. The van der Waals surface area contributed by atoms with Gasteiger partial charge in [-0.1, -0.05) is 0 Å². The van der Waals surface area contributed by atoms with Crippen molar-refractivity contribution in [3.05, 3.63) is 28.5 Å². The van der Waals surface area contributed by atoms with Crippen LogP contribution in [0.1, 0.15) is 12.0 Å². The van der Waals surface area contributed by atoms with Gasteiger partial charge in [0.15, 0.2) is 9.84 Å². The first-order valence-electron chi connectivity index (χ1n) is 5.76. The number of hydrogen-bond acceptors (Lipinski definition) is 5. The maximum atomic E-state index is 11.5. The Kier molecular flexibility index (Phi) is 4.37. The average molecular weight is 334 g/mol. The molecule has 2 rings (SSSR count). The Morgan fingerprint density at radius 3 is 2.89 bits per heavy atom. The van der Waals surface area contributed by atoms with Gasteiger partial charge in [-0.25, -0.2) is 8.42 Å². The summed E-state index contributed by atoms with van der Waals surface area (Å²) in [6.45, 7) is 0. The summed E-state index contributed by atoms with van der Waals surface area (Å²) in [4.78, 5) is 4.09. The molecule has 0 saturated carbocycles. The molecular weight excluding hydrogens is 318 g/mol. The second-order valence-corrected chi connectivity index (χ2v) is 7.80. The highest BCUT2D eigenvalue weighted by Gasteiger charge is 2.33. The predicted octanol–water partition coefficient (Wildman–Crippen LogP) is 0.653. The van der Waals surface area contributed by atoms with Crippen LogP contribution in [0, 0.1) is 5.92 Å². The highest BCUT2D eigenvalue weighted by Crippen LogP contribution is 2.24. The second-order valence-electron chi connectivity index (χ2n) is 4.65. The van der Waals surface area contributed by atoms with E-state index in [2.05, 4.69) is 26.3 Å². The van der Waals surface area contributed by atoms with Gasteiger partial charge >= 0.3 is 0 Å². The van der Waals surface area contributed by atoms with E-state index in [1.54, 1.807) is 12.4 Å². The molecule has 7 heteroatoms. The first-order chi connectivity index (χ1) is 8.50. The standard InChI is InChI=1S/C11H16BrN3O2S/c12-10-3-8(5-14-6-10)4-11(15-13)9-1-2-18(16,17)7-9/h3,5-6,9,11,15H,1-2,4,7,13H2. The van der Waals surface area contributed by atoms with Crippen molar-refractivity contribution in [2.24, 2.45) is 11.8 Å². The molecule has 0 aromatic carbocycles.